The molecule has 2 aromatic carbocycles. The maximum atomic E-state index is 13.7. The quantitative estimate of drug-likeness (QED) is 0.515. The van der Waals surface area contributed by atoms with E-state index in [1.54, 1.807) is 30.3 Å². The molecule has 1 heterocycles. The van der Waals surface area contributed by atoms with E-state index in [0.717, 1.165) is 25.2 Å². The van der Waals surface area contributed by atoms with Crippen molar-refractivity contribution in [2.45, 2.75) is 12.1 Å². The first kappa shape index (κ1) is 26.1. The number of nitrogens with zero attached hydrogens (tertiary/aromatic N) is 2. The number of esters is 2. The number of carbonyl (C=O) groups excluding carboxylic acids is 2. The van der Waals surface area contributed by atoms with Crippen LogP contribution in [0.1, 0.15) is 17.0 Å². The summed E-state index contributed by atoms with van der Waals surface area (Å²) >= 11 is 9.11. The van der Waals surface area contributed by atoms with E-state index in [4.69, 9.17) is 26.8 Å². The molecule has 0 radical (unpaired) electrons. The minimum absolute atomic E-state index is 0.211. The lowest BCUT2D eigenvalue weighted by Crippen LogP contribution is -2.41. The van der Waals surface area contributed by atoms with Crippen molar-refractivity contribution in [2.75, 3.05) is 19.1 Å². The minimum Gasteiger partial charge on any atom is -0.466 e. The molecule has 7 nitrogen and oxygen atoms in total. The molecule has 0 bridgehead atoms. The zero-order valence-corrected chi connectivity index (χ0v) is 20.5. The zero-order chi connectivity index (χ0) is 26.1. The molecule has 0 aromatic heterocycles. The number of benzene rings is 2. The van der Waals surface area contributed by atoms with Gasteiger partial charge in [-0.15, -0.1) is 0 Å². The van der Waals surface area contributed by atoms with Crippen molar-refractivity contribution in [1.29, 1.82) is 5.26 Å². The van der Waals surface area contributed by atoms with Crippen molar-refractivity contribution in [2.24, 2.45) is 5.73 Å². The zero-order valence-electron chi connectivity index (χ0n) is 18.1. The highest BCUT2D eigenvalue weighted by Crippen LogP contribution is 2.47. The SMILES string of the molecule is COC(=O)C1=C(C(=O)OC)N(c2cc(C(F)(F)F)c(Br)cc2Cl)C(N)=C(C#N)C1c1ccccc1. The van der Waals surface area contributed by atoms with Gasteiger partial charge in [0, 0.05) is 4.47 Å². The molecule has 3 rings (SSSR count). The molecule has 1 aliphatic rings. The first-order valence-electron chi connectivity index (χ1n) is 9.69. The largest absolute Gasteiger partial charge is 0.466 e. The van der Waals surface area contributed by atoms with Gasteiger partial charge in [0.1, 0.15) is 11.5 Å². The van der Waals surface area contributed by atoms with Crippen LogP contribution in [0.4, 0.5) is 18.9 Å². The number of alkyl halides is 3. The van der Waals surface area contributed by atoms with Gasteiger partial charge < -0.3 is 15.2 Å². The van der Waals surface area contributed by atoms with Crippen LogP contribution >= 0.6 is 27.5 Å². The van der Waals surface area contributed by atoms with Crippen LogP contribution in [0.2, 0.25) is 5.02 Å². The molecule has 1 unspecified atom stereocenters. The summed E-state index contributed by atoms with van der Waals surface area (Å²) in [6.45, 7) is 0. The number of hydrogen-bond acceptors (Lipinski definition) is 7. The van der Waals surface area contributed by atoms with E-state index in [1.807, 2.05) is 6.07 Å². The van der Waals surface area contributed by atoms with Gasteiger partial charge in [0.25, 0.3) is 0 Å². The molecular formula is C23H16BrClF3N3O4. The van der Waals surface area contributed by atoms with Gasteiger partial charge in [-0.05, 0) is 17.7 Å². The van der Waals surface area contributed by atoms with E-state index in [0.29, 0.717) is 11.6 Å². The van der Waals surface area contributed by atoms with Gasteiger partial charge >= 0.3 is 18.1 Å². The van der Waals surface area contributed by atoms with Crippen LogP contribution in [0.5, 0.6) is 0 Å². The summed E-state index contributed by atoms with van der Waals surface area (Å²) in [5.74, 6) is -3.71. The number of nitrogens with two attached hydrogens (primary N) is 1. The van der Waals surface area contributed by atoms with Gasteiger partial charge in [0.15, 0.2) is 0 Å². The number of nitriles is 1. The van der Waals surface area contributed by atoms with E-state index in [2.05, 4.69) is 15.9 Å². The Labute approximate surface area is 211 Å². The minimum atomic E-state index is -4.81. The van der Waals surface area contributed by atoms with Crippen LogP contribution < -0.4 is 10.6 Å². The van der Waals surface area contributed by atoms with Gasteiger partial charge in [0.2, 0.25) is 0 Å². The summed E-state index contributed by atoms with van der Waals surface area (Å²) in [6, 6.07) is 11.7. The molecule has 2 aromatic rings. The van der Waals surface area contributed by atoms with E-state index in [9.17, 15) is 28.0 Å². The van der Waals surface area contributed by atoms with Gasteiger partial charge in [-0.1, -0.05) is 57.9 Å². The molecule has 182 valence electrons. The van der Waals surface area contributed by atoms with Gasteiger partial charge in [-0.25, -0.2) is 9.59 Å². The van der Waals surface area contributed by atoms with E-state index in [-0.39, 0.29) is 20.6 Å². The summed E-state index contributed by atoms with van der Waals surface area (Å²) in [7, 11) is 2.07. The number of ether oxygens (including phenoxy) is 2. The molecule has 0 fully saturated rings. The second-order valence-corrected chi connectivity index (χ2v) is 8.38. The highest BCUT2D eigenvalue weighted by molar-refractivity contribution is 9.10. The highest BCUT2D eigenvalue weighted by atomic mass is 79.9. The molecule has 35 heavy (non-hydrogen) atoms. The molecule has 0 aliphatic carbocycles. The van der Waals surface area contributed by atoms with Crippen molar-refractivity contribution in [3.8, 4) is 6.07 Å². The summed E-state index contributed by atoms with van der Waals surface area (Å²) in [6.07, 6.45) is -4.81. The topological polar surface area (TPSA) is 106 Å². The van der Waals surface area contributed by atoms with Crippen LogP contribution in [-0.4, -0.2) is 26.2 Å². The predicted octanol–water partition coefficient (Wildman–Crippen LogP) is 5.02. The second kappa shape index (κ2) is 10.0. The van der Waals surface area contributed by atoms with Crippen LogP contribution in [0.25, 0.3) is 0 Å². The predicted molar refractivity (Wildman–Crippen MR) is 124 cm³/mol. The molecule has 0 amide bonds. The van der Waals surface area contributed by atoms with Crippen LogP contribution in [0.3, 0.4) is 0 Å². The number of methoxy groups -OCH3 is 2. The summed E-state index contributed by atoms with van der Waals surface area (Å²) in [4.78, 5) is 26.8. The van der Waals surface area contributed by atoms with Crippen LogP contribution in [-0.2, 0) is 25.2 Å². The molecule has 0 saturated heterocycles. The fraction of sp³-hybridized carbons (Fsp3) is 0.174. The van der Waals surface area contributed by atoms with Gasteiger partial charge in [-0.3, -0.25) is 4.90 Å². The molecule has 12 heteroatoms. The average molecular weight is 571 g/mol. The highest BCUT2D eigenvalue weighted by Gasteiger charge is 2.44. The fourth-order valence-electron chi connectivity index (χ4n) is 3.69. The van der Waals surface area contributed by atoms with Gasteiger partial charge in [0.05, 0.1) is 53.6 Å². The Morgan fingerprint density at radius 1 is 1.14 bits per heavy atom. The van der Waals surface area contributed by atoms with Crippen molar-refractivity contribution >= 4 is 45.2 Å². The number of carbonyl (C=O) groups is 2. The number of allylic oxidation sites excluding steroid dienone is 1. The first-order chi connectivity index (χ1) is 16.5. The summed E-state index contributed by atoms with van der Waals surface area (Å²) in [5, 5.41) is 9.73. The Morgan fingerprint density at radius 2 is 1.74 bits per heavy atom. The van der Waals surface area contributed by atoms with Crippen molar-refractivity contribution in [3.63, 3.8) is 0 Å². The summed E-state index contributed by atoms with van der Waals surface area (Å²) in [5.41, 5.74) is 4.05. The number of rotatable bonds is 4. The molecular weight excluding hydrogens is 555 g/mol. The monoisotopic (exact) mass is 569 g/mol. The summed E-state index contributed by atoms with van der Waals surface area (Å²) < 4.78 is 50.4. The van der Waals surface area contributed by atoms with Gasteiger partial charge in [-0.2, -0.15) is 18.4 Å². The Morgan fingerprint density at radius 3 is 2.26 bits per heavy atom. The van der Waals surface area contributed by atoms with Crippen molar-refractivity contribution < 1.29 is 32.2 Å². The van der Waals surface area contributed by atoms with E-state index >= 15 is 0 Å². The number of halogens is 5. The van der Waals surface area contributed by atoms with Crippen molar-refractivity contribution in [3.05, 3.63) is 85.8 Å². The van der Waals surface area contributed by atoms with Crippen LogP contribution in [0, 0.1) is 11.3 Å². The third-order valence-corrected chi connectivity index (χ3v) is 6.15. The molecule has 1 aliphatic heterocycles. The molecule has 0 spiro atoms. The number of anilines is 1. The standard InChI is InChI=1S/C23H16BrClF3N3O4/c1-34-21(32)18-17(11-6-4-3-5-7-11)12(10-29)20(30)31(19(18)22(33)35-2)16-8-13(23(26,27)28)14(24)9-15(16)25/h3-9,17H,30H2,1-2H3. The maximum absolute atomic E-state index is 13.7. The molecule has 2 N–H and O–H groups in total. The molecule has 1 atom stereocenters. The lowest BCUT2D eigenvalue weighted by molar-refractivity contribution is -0.139. The normalized spacial score (nSPS) is 16.2. The third-order valence-electron chi connectivity index (χ3n) is 5.19. The van der Waals surface area contributed by atoms with Crippen molar-refractivity contribution in [1.82, 2.24) is 0 Å². The fourth-order valence-corrected chi connectivity index (χ4v) is 4.64. The smallest absolute Gasteiger partial charge is 0.417 e. The lowest BCUT2D eigenvalue weighted by Gasteiger charge is -2.36. The first-order valence-corrected chi connectivity index (χ1v) is 10.9. The van der Waals surface area contributed by atoms with Crippen LogP contribution in [0.15, 0.2) is 69.6 Å². The Hall–Kier alpha value is -3.49. The lowest BCUT2D eigenvalue weighted by atomic mass is 9.81. The van der Waals surface area contributed by atoms with E-state index in [1.165, 1.54) is 0 Å². The Balaban J connectivity index is 2.48. The third kappa shape index (κ3) is 4.72. The van der Waals surface area contributed by atoms with E-state index < -0.39 is 46.8 Å². The second-order valence-electron chi connectivity index (χ2n) is 7.12. The Bertz CT molecular complexity index is 1300. The average Bonchev–Trinajstić information content (AvgIpc) is 2.82. The molecule has 0 saturated carbocycles. The number of hydrogen-bond donors (Lipinski definition) is 1. The maximum Gasteiger partial charge on any atom is 0.417 e. The Kier molecular flexibility index (Phi) is 7.47.